The number of nitrogens with zero attached hydrogens (tertiary/aromatic N) is 4. The van der Waals surface area contributed by atoms with Crippen LogP contribution in [0.1, 0.15) is 30.4 Å². The molecular weight excluding hydrogens is 478 g/mol. The molecule has 1 aromatic carbocycles. The van der Waals surface area contributed by atoms with Gasteiger partial charge in [0.1, 0.15) is 17.9 Å². The van der Waals surface area contributed by atoms with Crippen molar-refractivity contribution in [1.82, 2.24) is 29.7 Å². The summed E-state index contributed by atoms with van der Waals surface area (Å²) in [7, 11) is 1.56. The number of hydrogen-bond donors (Lipinski definition) is 3. The molecule has 0 bridgehead atoms. The maximum atomic E-state index is 12.6. The third kappa shape index (κ3) is 6.92. The van der Waals surface area contributed by atoms with Gasteiger partial charge in [-0.1, -0.05) is 24.3 Å². The number of aromatic amines is 1. The molecule has 4 N–H and O–H groups in total. The number of H-pyrrole nitrogens is 1. The second kappa shape index (κ2) is 12.5. The molecule has 1 fully saturated rings. The molecule has 0 spiro atoms. The number of imidazole rings is 1. The lowest BCUT2D eigenvalue weighted by Gasteiger charge is -2.27. The number of methoxy groups -OCH3 is 1. The quantitative estimate of drug-likeness (QED) is 0.294. The lowest BCUT2D eigenvalue weighted by atomic mass is 10.0. The summed E-state index contributed by atoms with van der Waals surface area (Å²) < 4.78 is 11.9. The average Bonchev–Trinajstić information content (AvgIpc) is 3.23. The smallest absolute Gasteiger partial charge is 0.328 e. The maximum absolute atomic E-state index is 12.6. The molecule has 1 amide bonds. The van der Waals surface area contributed by atoms with Crippen LogP contribution >= 0.6 is 0 Å². The van der Waals surface area contributed by atoms with E-state index >= 15 is 0 Å². The fourth-order valence-corrected chi connectivity index (χ4v) is 4.18. The number of nitrogens with two attached hydrogens (primary N) is 1. The Balaban J connectivity index is 1.32. The SMILES string of the molecule is COCCOc1nc(N)c2[nH]c(=O)n(Cc3ccc(CCC(=O)CCC(=O)N4CCNCC4)cc3)c2n1. The minimum Gasteiger partial charge on any atom is -0.461 e. The van der Waals surface area contributed by atoms with Crippen LogP contribution in [0.4, 0.5) is 5.82 Å². The molecule has 198 valence electrons. The van der Waals surface area contributed by atoms with Crippen LogP contribution in [0.15, 0.2) is 29.1 Å². The van der Waals surface area contributed by atoms with Gasteiger partial charge in [-0.2, -0.15) is 9.97 Å². The number of carbonyl (C=O) groups is 2. The summed E-state index contributed by atoms with van der Waals surface area (Å²) in [5, 5.41) is 3.21. The Labute approximate surface area is 214 Å². The number of Topliss-reactive ketones (excluding diaryl/α,β-unsaturated/α-hetero) is 1. The van der Waals surface area contributed by atoms with E-state index in [9.17, 15) is 14.4 Å². The minimum absolute atomic E-state index is 0.0485. The van der Waals surface area contributed by atoms with E-state index in [1.54, 1.807) is 7.11 Å². The van der Waals surface area contributed by atoms with Crippen molar-refractivity contribution in [3.05, 3.63) is 45.9 Å². The Hall–Kier alpha value is -3.77. The molecule has 0 aliphatic carbocycles. The summed E-state index contributed by atoms with van der Waals surface area (Å²) in [4.78, 5) is 50.1. The molecule has 1 saturated heterocycles. The molecule has 0 unspecified atom stereocenters. The highest BCUT2D eigenvalue weighted by atomic mass is 16.5. The highest BCUT2D eigenvalue weighted by molar-refractivity contribution is 5.85. The van der Waals surface area contributed by atoms with Gasteiger partial charge in [-0.15, -0.1) is 0 Å². The first-order valence-corrected chi connectivity index (χ1v) is 12.4. The molecule has 2 aromatic heterocycles. The minimum atomic E-state index is -0.352. The first kappa shape index (κ1) is 26.3. The number of ether oxygens (including phenoxy) is 2. The van der Waals surface area contributed by atoms with Crippen LogP contribution in [0.25, 0.3) is 11.2 Å². The summed E-state index contributed by atoms with van der Waals surface area (Å²) in [6.07, 6.45) is 1.52. The first-order chi connectivity index (χ1) is 17.9. The Morgan fingerprint density at radius 2 is 1.76 bits per heavy atom. The van der Waals surface area contributed by atoms with Gasteiger partial charge in [-0.3, -0.25) is 14.2 Å². The van der Waals surface area contributed by atoms with Crippen LogP contribution in [0, 0.1) is 0 Å². The number of benzene rings is 1. The third-order valence-electron chi connectivity index (χ3n) is 6.29. The van der Waals surface area contributed by atoms with Gasteiger partial charge in [-0.05, 0) is 17.5 Å². The summed E-state index contributed by atoms with van der Waals surface area (Å²) in [6.45, 7) is 3.91. The second-order valence-corrected chi connectivity index (χ2v) is 8.93. The van der Waals surface area contributed by atoms with E-state index in [2.05, 4.69) is 20.3 Å². The van der Waals surface area contributed by atoms with E-state index in [-0.39, 0.29) is 55.2 Å². The van der Waals surface area contributed by atoms with Gasteiger partial charge in [-0.25, -0.2) is 4.79 Å². The molecule has 3 aromatic rings. The lowest BCUT2D eigenvalue weighted by molar-refractivity contribution is -0.133. The molecule has 0 radical (unpaired) electrons. The van der Waals surface area contributed by atoms with E-state index in [0.717, 1.165) is 24.2 Å². The molecule has 4 rings (SSSR count). The number of anilines is 1. The topological polar surface area (TPSA) is 157 Å². The fourth-order valence-electron chi connectivity index (χ4n) is 4.18. The van der Waals surface area contributed by atoms with Crippen molar-refractivity contribution in [2.45, 2.75) is 32.2 Å². The van der Waals surface area contributed by atoms with Crippen LogP contribution in [0.2, 0.25) is 0 Å². The predicted molar refractivity (Wildman–Crippen MR) is 137 cm³/mol. The summed E-state index contributed by atoms with van der Waals surface area (Å²) >= 11 is 0. The number of aromatic nitrogens is 4. The van der Waals surface area contributed by atoms with Gasteiger partial charge in [0, 0.05) is 52.6 Å². The molecule has 12 heteroatoms. The first-order valence-electron chi connectivity index (χ1n) is 12.4. The van der Waals surface area contributed by atoms with Crippen molar-refractivity contribution in [2.24, 2.45) is 0 Å². The number of carbonyl (C=O) groups excluding carboxylic acids is 2. The van der Waals surface area contributed by atoms with Gasteiger partial charge in [0.15, 0.2) is 11.5 Å². The summed E-state index contributed by atoms with van der Waals surface area (Å²) in [5.74, 6) is 0.258. The van der Waals surface area contributed by atoms with Crippen LogP contribution in [-0.2, 0) is 27.3 Å². The highest BCUT2D eigenvalue weighted by Crippen LogP contribution is 2.19. The van der Waals surface area contributed by atoms with E-state index in [1.807, 2.05) is 29.2 Å². The zero-order valence-electron chi connectivity index (χ0n) is 21.0. The number of amides is 1. The summed E-state index contributed by atoms with van der Waals surface area (Å²) in [6, 6.07) is 7.79. The Morgan fingerprint density at radius 1 is 1.03 bits per heavy atom. The fraction of sp³-hybridized carbons (Fsp3) is 0.480. The number of hydrogen-bond acceptors (Lipinski definition) is 9. The molecule has 0 atom stereocenters. The van der Waals surface area contributed by atoms with Gasteiger partial charge in [0.05, 0.1) is 13.2 Å². The number of nitrogen functional groups attached to an aromatic ring is 1. The Bertz CT molecular complexity index is 1280. The molecular formula is C25H33N7O5. The number of fused-ring (bicyclic) bond motifs is 1. The van der Waals surface area contributed by atoms with E-state index in [1.165, 1.54) is 4.57 Å². The van der Waals surface area contributed by atoms with Crippen molar-refractivity contribution in [1.29, 1.82) is 0 Å². The standard InChI is InChI=1S/C25H33N7O5/c1-36-14-15-37-24-29-22(26)21-23(30-24)32(25(35)28-21)16-18-4-2-17(3-5-18)6-7-19(33)8-9-20(34)31-12-10-27-11-13-31/h2-5,27H,6-16H2,1H3,(H,28,35)(H2,26,29,30). The molecule has 12 nitrogen and oxygen atoms in total. The predicted octanol–water partition coefficient (Wildman–Crippen LogP) is 0.489. The normalized spacial score (nSPS) is 13.7. The maximum Gasteiger partial charge on any atom is 0.328 e. The van der Waals surface area contributed by atoms with Gasteiger partial charge in [0.25, 0.3) is 0 Å². The molecule has 1 aliphatic heterocycles. The second-order valence-electron chi connectivity index (χ2n) is 8.93. The van der Waals surface area contributed by atoms with Gasteiger partial charge >= 0.3 is 11.7 Å². The van der Waals surface area contributed by atoms with E-state index < -0.39 is 0 Å². The van der Waals surface area contributed by atoms with Crippen molar-refractivity contribution in [3.63, 3.8) is 0 Å². The monoisotopic (exact) mass is 511 g/mol. The average molecular weight is 512 g/mol. The lowest BCUT2D eigenvalue weighted by Crippen LogP contribution is -2.46. The van der Waals surface area contributed by atoms with Crippen LogP contribution < -0.4 is 21.5 Å². The van der Waals surface area contributed by atoms with Crippen LogP contribution in [0.3, 0.4) is 0 Å². The van der Waals surface area contributed by atoms with Crippen molar-refractivity contribution in [2.75, 3.05) is 52.2 Å². The summed E-state index contributed by atoms with van der Waals surface area (Å²) in [5.41, 5.74) is 8.25. The molecule has 3 heterocycles. The van der Waals surface area contributed by atoms with Crippen molar-refractivity contribution in [3.8, 4) is 6.01 Å². The van der Waals surface area contributed by atoms with Gasteiger partial charge in [0.2, 0.25) is 5.91 Å². The molecule has 37 heavy (non-hydrogen) atoms. The number of aryl methyl sites for hydroxylation is 1. The number of rotatable bonds is 12. The Kier molecular flexibility index (Phi) is 8.86. The molecule has 1 aliphatic rings. The van der Waals surface area contributed by atoms with E-state index in [0.29, 0.717) is 43.7 Å². The van der Waals surface area contributed by atoms with E-state index in [4.69, 9.17) is 15.2 Å². The van der Waals surface area contributed by atoms with Crippen molar-refractivity contribution < 1.29 is 19.1 Å². The number of ketones is 1. The zero-order valence-corrected chi connectivity index (χ0v) is 21.0. The van der Waals surface area contributed by atoms with Crippen molar-refractivity contribution >= 4 is 28.7 Å². The van der Waals surface area contributed by atoms with Gasteiger partial charge < -0.3 is 30.4 Å². The number of nitrogens with one attached hydrogen (secondary N) is 2. The molecule has 0 saturated carbocycles. The zero-order chi connectivity index (χ0) is 26.2. The highest BCUT2D eigenvalue weighted by Gasteiger charge is 2.17. The Morgan fingerprint density at radius 3 is 2.49 bits per heavy atom. The largest absolute Gasteiger partial charge is 0.461 e. The third-order valence-corrected chi connectivity index (χ3v) is 6.29. The number of piperazine rings is 1. The van der Waals surface area contributed by atoms with Crippen LogP contribution in [0.5, 0.6) is 6.01 Å². The van der Waals surface area contributed by atoms with Crippen LogP contribution in [-0.4, -0.2) is 82.6 Å².